The standard InChI is InChI=1S/C18H25NS.C13H19N/c1-3-8-15(4-2)18(16-11-13-19-14-12-16)20-17-9-6-5-7-10-17;1-4-6-12(5-2)11(3)13-7-9-14-10-8-13/h3-4,6,8-10,16,18-19H,1-2,5,7,11-14H2;4-6,13-14H,1-3,7-10H2/b15-8+;12-6+. The van der Waals surface area contributed by atoms with Crippen LogP contribution in [0.25, 0.3) is 0 Å². The number of piperidine rings is 2. The molecule has 1 unspecified atom stereocenters. The molecular weight excluding hydrogens is 432 g/mol. The first-order valence-corrected chi connectivity index (χ1v) is 13.6. The Kier molecular flexibility index (Phi) is 13.7. The van der Waals surface area contributed by atoms with E-state index in [0.29, 0.717) is 11.2 Å². The van der Waals surface area contributed by atoms with Gasteiger partial charge in [-0.15, -0.1) is 11.8 Å². The molecule has 2 nitrogen and oxygen atoms in total. The Labute approximate surface area is 213 Å². The maximum atomic E-state index is 4.15. The first kappa shape index (κ1) is 28.2. The van der Waals surface area contributed by atoms with Crippen LogP contribution in [0.5, 0.6) is 0 Å². The van der Waals surface area contributed by atoms with E-state index >= 15 is 0 Å². The van der Waals surface area contributed by atoms with Crippen LogP contribution >= 0.6 is 11.8 Å². The predicted molar refractivity (Wildman–Crippen MR) is 155 cm³/mol. The molecule has 0 radical (unpaired) electrons. The van der Waals surface area contributed by atoms with Gasteiger partial charge in [-0.25, -0.2) is 0 Å². The summed E-state index contributed by atoms with van der Waals surface area (Å²) in [6.45, 7) is 24.0. The third kappa shape index (κ3) is 9.29. The highest BCUT2D eigenvalue weighted by molar-refractivity contribution is 8.04. The van der Waals surface area contributed by atoms with Gasteiger partial charge in [-0.05, 0) is 93.3 Å². The lowest BCUT2D eigenvalue weighted by Gasteiger charge is -2.31. The SMILES string of the molecule is C=C/C=C(\C=C)C(=C)C1CCNCC1.C=C/C=C(\C=C)C(SC1=CCCC=C1)C1CCNCC1. The van der Waals surface area contributed by atoms with E-state index in [9.17, 15) is 0 Å². The summed E-state index contributed by atoms with van der Waals surface area (Å²) >= 11 is 2.00. The zero-order valence-electron chi connectivity index (χ0n) is 20.9. The van der Waals surface area contributed by atoms with Gasteiger partial charge in [0.05, 0.1) is 0 Å². The number of nitrogens with one attached hydrogen (secondary N) is 2. The molecule has 0 spiro atoms. The average molecular weight is 477 g/mol. The molecule has 2 N–H and O–H groups in total. The molecular formula is C31H44N2S. The average Bonchev–Trinajstić information content (AvgIpc) is 2.91. The van der Waals surface area contributed by atoms with Gasteiger partial charge in [0.25, 0.3) is 0 Å². The monoisotopic (exact) mass is 476 g/mol. The molecule has 0 aromatic heterocycles. The van der Waals surface area contributed by atoms with Crippen molar-refractivity contribution in [1.29, 1.82) is 0 Å². The minimum absolute atomic E-state index is 0.501. The number of hydrogen-bond acceptors (Lipinski definition) is 3. The topological polar surface area (TPSA) is 24.1 Å². The van der Waals surface area contributed by atoms with Crippen molar-refractivity contribution in [2.45, 2.75) is 43.8 Å². The fourth-order valence-electron chi connectivity index (χ4n) is 4.66. The van der Waals surface area contributed by atoms with Crippen molar-refractivity contribution in [3.63, 3.8) is 0 Å². The summed E-state index contributed by atoms with van der Waals surface area (Å²) in [5.74, 6) is 1.34. The van der Waals surface area contributed by atoms with Crippen molar-refractivity contribution >= 4 is 11.8 Å². The van der Waals surface area contributed by atoms with Crippen molar-refractivity contribution in [3.8, 4) is 0 Å². The zero-order valence-corrected chi connectivity index (χ0v) is 21.8. The molecule has 0 amide bonds. The minimum atomic E-state index is 0.501. The molecule has 3 heteroatoms. The second kappa shape index (κ2) is 16.5. The minimum Gasteiger partial charge on any atom is -0.317 e. The molecule has 0 aromatic carbocycles. The summed E-state index contributed by atoms with van der Waals surface area (Å²) < 4.78 is 0. The third-order valence-electron chi connectivity index (χ3n) is 6.63. The van der Waals surface area contributed by atoms with Gasteiger partial charge in [0.1, 0.15) is 0 Å². The highest BCUT2D eigenvalue weighted by atomic mass is 32.2. The van der Waals surface area contributed by atoms with Gasteiger partial charge in [-0.2, -0.15) is 0 Å². The fourth-order valence-corrected chi connectivity index (χ4v) is 6.12. The number of rotatable bonds is 10. The molecule has 34 heavy (non-hydrogen) atoms. The van der Waals surface area contributed by atoms with E-state index in [4.69, 9.17) is 0 Å². The van der Waals surface area contributed by atoms with E-state index in [-0.39, 0.29) is 0 Å². The van der Waals surface area contributed by atoms with Crippen LogP contribution in [0.4, 0.5) is 0 Å². The zero-order chi connectivity index (χ0) is 24.6. The summed E-state index contributed by atoms with van der Waals surface area (Å²) in [6.07, 6.45) is 25.8. The second-order valence-electron chi connectivity index (χ2n) is 8.93. The largest absolute Gasteiger partial charge is 0.317 e. The van der Waals surface area contributed by atoms with E-state index < -0.39 is 0 Å². The Balaban J connectivity index is 0.000000257. The van der Waals surface area contributed by atoms with Gasteiger partial charge < -0.3 is 10.6 Å². The molecule has 2 saturated heterocycles. The molecule has 2 fully saturated rings. The van der Waals surface area contributed by atoms with Crippen LogP contribution in [0, 0.1) is 11.8 Å². The Bertz CT molecular complexity index is 814. The third-order valence-corrected chi connectivity index (χ3v) is 8.12. The highest BCUT2D eigenvalue weighted by Crippen LogP contribution is 2.38. The second-order valence-corrected chi connectivity index (χ2v) is 10.1. The van der Waals surface area contributed by atoms with Crippen LogP contribution in [0.2, 0.25) is 0 Å². The molecule has 1 aliphatic carbocycles. The van der Waals surface area contributed by atoms with Gasteiger partial charge in [0, 0.05) is 10.2 Å². The van der Waals surface area contributed by atoms with E-state index in [1.165, 1.54) is 54.6 Å². The van der Waals surface area contributed by atoms with E-state index in [1.807, 2.05) is 36.1 Å². The molecule has 1 atom stereocenters. The molecule has 0 aromatic rings. The van der Waals surface area contributed by atoms with Crippen molar-refractivity contribution in [1.82, 2.24) is 10.6 Å². The van der Waals surface area contributed by atoms with Gasteiger partial charge in [0.15, 0.2) is 0 Å². The number of thioether (sulfide) groups is 1. The van der Waals surface area contributed by atoms with Crippen LogP contribution in [0.1, 0.15) is 38.5 Å². The van der Waals surface area contributed by atoms with Crippen LogP contribution < -0.4 is 10.6 Å². The van der Waals surface area contributed by atoms with Crippen LogP contribution in [-0.2, 0) is 0 Å². The molecule has 2 aliphatic heterocycles. The molecule has 2 heterocycles. The Morgan fingerprint density at radius 3 is 2.06 bits per heavy atom. The molecule has 3 aliphatic rings. The first-order valence-electron chi connectivity index (χ1n) is 12.7. The molecule has 0 saturated carbocycles. The van der Waals surface area contributed by atoms with E-state index in [0.717, 1.165) is 37.7 Å². The number of allylic oxidation sites excluding steroid dienone is 11. The maximum absolute atomic E-state index is 4.15. The predicted octanol–water partition coefficient (Wildman–Crippen LogP) is 7.46. The molecule has 0 bridgehead atoms. The smallest absolute Gasteiger partial charge is 0.0373 e. The molecule has 184 valence electrons. The normalized spacial score (nSPS) is 20.9. The first-order chi connectivity index (χ1) is 16.6. The van der Waals surface area contributed by atoms with Crippen LogP contribution in [0.3, 0.4) is 0 Å². The van der Waals surface area contributed by atoms with Crippen molar-refractivity contribution in [2.75, 3.05) is 26.2 Å². The lowest BCUT2D eigenvalue weighted by molar-refractivity contribution is 0.381. The van der Waals surface area contributed by atoms with E-state index in [1.54, 1.807) is 6.08 Å². The van der Waals surface area contributed by atoms with Gasteiger partial charge >= 0.3 is 0 Å². The quantitative estimate of drug-likeness (QED) is 0.320. The van der Waals surface area contributed by atoms with Gasteiger partial charge in [0.2, 0.25) is 0 Å². The Morgan fingerprint density at radius 2 is 1.53 bits per heavy atom. The maximum Gasteiger partial charge on any atom is 0.0373 e. The van der Waals surface area contributed by atoms with Gasteiger partial charge in [-0.3, -0.25) is 0 Å². The summed E-state index contributed by atoms with van der Waals surface area (Å²) in [6, 6.07) is 0. The summed E-state index contributed by atoms with van der Waals surface area (Å²) in [4.78, 5) is 1.41. The Hall–Kier alpha value is -2.07. The highest BCUT2D eigenvalue weighted by Gasteiger charge is 2.26. The fraction of sp³-hybridized carbons (Fsp3) is 0.419. The summed E-state index contributed by atoms with van der Waals surface area (Å²) in [5.41, 5.74) is 3.66. The molecule has 3 rings (SSSR count). The van der Waals surface area contributed by atoms with Crippen LogP contribution in [-0.4, -0.2) is 31.4 Å². The van der Waals surface area contributed by atoms with E-state index in [2.05, 4.69) is 67.8 Å². The van der Waals surface area contributed by atoms with Crippen LogP contribution in [0.15, 0.2) is 109 Å². The lowest BCUT2D eigenvalue weighted by atomic mass is 9.86. The van der Waals surface area contributed by atoms with Crippen molar-refractivity contribution < 1.29 is 0 Å². The summed E-state index contributed by atoms with van der Waals surface area (Å²) in [5, 5.41) is 7.31. The number of hydrogen-bond donors (Lipinski definition) is 2. The summed E-state index contributed by atoms with van der Waals surface area (Å²) in [7, 11) is 0. The Morgan fingerprint density at radius 1 is 0.882 bits per heavy atom. The van der Waals surface area contributed by atoms with Crippen molar-refractivity contribution in [3.05, 3.63) is 109 Å². The van der Waals surface area contributed by atoms with Crippen molar-refractivity contribution in [2.24, 2.45) is 11.8 Å². The lowest BCUT2D eigenvalue weighted by Crippen LogP contribution is -2.33. The van der Waals surface area contributed by atoms with Gasteiger partial charge in [-0.1, -0.05) is 87.6 Å².